The Labute approximate surface area is 97.7 Å². The largest absolute Gasteiger partial charge is 0.399 e. The molecule has 1 unspecified atom stereocenters. The lowest BCUT2D eigenvalue weighted by Gasteiger charge is -2.31. The van der Waals surface area contributed by atoms with E-state index >= 15 is 0 Å². The van der Waals surface area contributed by atoms with Gasteiger partial charge in [0, 0.05) is 23.5 Å². The Kier molecular flexibility index (Phi) is 4.19. The van der Waals surface area contributed by atoms with Gasteiger partial charge in [-0.15, -0.1) is 0 Å². The Hall–Kier alpha value is -1.22. The number of hydrogen-bond acceptors (Lipinski definition) is 3. The third kappa shape index (κ3) is 3.14. The normalized spacial score (nSPS) is 14.5. The summed E-state index contributed by atoms with van der Waals surface area (Å²) in [7, 11) is 0. The fourth-order valence-electron chi connectivity index (χ4n) is 1.67. The molecule has 0 saturated heterocycles. The molecule has 0 bridgehead atoms. The van der Waals surface area contributed by atoms with Gasteiger partial charge in [-0.05, 0) is 44.4 Å². The highest BCUT2D eigenvalue weighted by Crippen LogP contribution is 2.25. The molecule has 0 fully saturated rings. The molecule has 1 aromatic rings. The summed E-state index contributed by atoms with van der Waals surface area (Å²) in [5.74, 6) is 0. The third-order valence-corrected chi connectivity index (χ3v) is 3.14. The van der Waals surface area contributed by atoms with Crippen molar-refractivity contribution in [3.05, 3.63) is 23.8 Å². The second-order valence-electron chi connectivity index (χ2n) is 4.59. The van der Waals surface area contributed by atoms with Gasteiger partial charge in [0.25, 0.3) is 0 Å². The molecule has 0 radical (unpaired) electrons. The van der Waals surface area contributed by atoms with E-state index < -0.39 is 0 Å². The highest BCUT2D eigenvalue weighted by atomic mass is 16.3. The first-order valence-electron chi connectivity index (χ1n) is 5.76. The minimum absolute atomic E-state index is 0.0761. The zero-order valence-electron chi connectivity index (χ0n) is 10.4. The van der Waals surface area contributed by atoms with Gasteiger partial charge in [0.1, 0.15) is 0 Å². The second kappa shape index (κ2) is 5.21. The van der Waals surface area contributed by atoms with Crippen molar-refractivity contribution < 1.29 is 5.11 Å². The number of nitrogens with two attached hydrogens (primary N) is 1. The van der Waals surface area contributed by atoms with Crippen molar-refractivity contribution in [1.82, 2.24) is 0 Å². The van der Waals surface area contributed by atoms with Gasteiger partial charge in [-0.3, -0.25) is 0 Å². The standard InChI is InChI=1S/C13H22N2O/c1-4-13(3,7-8-16)15-12-9-11(14)6-5-10(12)2/h5-6,9,15-16H,4,7-8,14H2,1-3H3. The fraction of sp³-hybridized carbons (Fsp3) is 0.538. The van der Waals surface area contributed by atoms with Gasteiger partial charge in [0.2, 0.25) is 0 Å². The quantitative estimate of drug-likeness (QED) is 0.671. The summed E-state index contributed by atoms with van der Waals surface area (Å²) in [6.45, 7) is 6.48. The number of hydrogen-bond donors (Lipinski definition) is 3. The van der Waals surface area contributed by atoms with Crippen molar-refractivity contribution in [3.63, 3.8) is 0 Å². The van der Waals surface area contributed by atoms with E-state index in [0.29, 0.717) is 0 Å². The molecule has 3 nitrogen and oxygen atoms in total. The van der Waals surface area contributed by atoms with Crippen LogP contribution in [-0.2, 0) is 0 Å². The van der Waals surface area contributed by atoms with Crippen LogP contribution in [0.15, 0.2) is 18.2 Å². The van der Waals surface area contributed by atoms with Crippen molar-refractivity contribution >= 4 is 11.4 Å². The summed E-state index contributed by atoms with van der Waals surface area (Å²) >= 11 is 0. The van der Waals surface area contributed by atoms with E-state index in [4.69, 9.17) is 10.8 Å². The first-order chi connectivity index (χ1) is 7.50. The molecule has 90 valence electrons. The van der Waals surface area contributed by atoms with Crippen molar-refractivity contribution in [2.45, 2.75) is 39.2 Å². The number of rotatable bonds is 5. The van der Waals surface area contributed by atoms with Crippen LogP contribution in [0.4, 0.5) is 11.4 Å². The Morgan fingerprint density at radius 2 is 2.12 bits per heavy atom. The Morgan fingerprint density at radius 3 is 2.69 bits per heavy atom. The van der Waals surface area contributed by atoms with Gasteiger partial charge in [-0.1, -0.05) is 13.0 Å². The van der Waals surface area contributed by atoms with Gasteiger partial charge in [-0.2, -0.15) is 0 Å². The average molecular weight is 222 g/mol. The Bertz CT molecular complexity index is 352. The summed E-state index contributed by atoms with van der Waals surface area (Å²) in [4.78, 5) is 0. The van der Waals surface area contributed by atoms with Crippen LogP contribution >= 0.6 is 0 Å². The molecular formula is C13H22N2O. The molecule has 1 aromatic carbocycles. The van der Waals surface area contributed by atoms with Crippen molar-refractivity contribution in [2.75, 3.05) is 17.7 Å². The zero-order valence-corrected chi connectivity index (χ0v) is 10.4. The van der Waals surface area contributed by atoms with E-state index in [9.17, 15) is 0 Å². The smallest absolute Gasteiger partial charge is 0.0453 e. The highest BCUT2D eigenvalue weighted by molar-refractivity contribution is 5.60. The topological polar surface area (TPSA) is 58.3 Å². The maximum absolute atomic E-state index is 9.07. The lowest BCUT2D eigenvalue weighted by atomic mass is 9.94. The average Bonchev–Trinajstić information content (AvgIpc) is 2.24. The number of aliphatic hydroxyl groups is 1. The van der Waals surface area contributed by atoms with E-state index in [1.165, 1.54) is 5.56 Å². The first-order valence-corrected chi connectivity index (χ1v) is 5.76. The predicted octanol–water partition coefficient (Wildman–Crippen LogP) is 2.54. The Balaban J connectivity index is 2.89. The van der Waals surface area contributed by atoms with Crippen LogP contribution in [0.2, 0.25) is 0 Å². The van der Waals surface area contributed by atoms with Crippen LogP contribution in [-0.4, -0.2) is 17.3 Å². The lowest BCUT2D eigenvalue weighted by Crippen LogP contribution is -2.35. The summed E-state index contributed by atoms with van der Waals surface area (Å²) in [6.07, 6.45) is 1.69. The molecule has 0 aliphatic rings. The van der Waals surface area contributed by atoms with Gasteiger partial charge in [0.15, 0.2) is 0 Å². The fourth-order valence-corrected chi connectivity index (χ4v) is 1.67. The number of nitrogen functional groups attached to an aromatic ring is 1. The lowest BCUT2D eigenvalue weighted by molar-refractivity contribution is 0.252. The van der Waals surface area contributed by atoms with Crippen molar-refractivity contribution in [3.8, 4) is 0 Å². The molecule has 0 heterocycles. The van der Waals surface area contributed by atoms with Gasteiger partial charge >= 0.3 is 0 Å². The van der Waals surface area contributed by atoms with Crippen LogP contribution in [0.5, 0.6) is 0 Å². The maximum Gasteiger partial charge on any atom is 0.0453 e. The molecule has 0 aliphatic carbocycles. The Morgan fingerprint density at radius 1 is 1.44 bits per heavy atom. The third-order valence-electron chi connectivity index (χ3n) is 3.14. The van der Waals surface area contributed by atoms with Crippen molar-refractivity contribution in [2.24, 2.45) is 0 Å². The number of aliphatic hydroxyl groups excluding tert-OH is 1. The number of aryl methyl sites for hydroxylation is 1. The van der Waals surface area contributed by atoms with Crippen LogP contribution < -0.4 is 11.1 Å². The molecule has 4 N–H and O–H groups in total. The predicted molar refractivity (Wildman–Crippen MR) is 69.6 cm³/mol. The van der Waals surface area contributed by atoms with E-state index in [1.807, 2.05) is 18.2 Å². The maximum atomic E-state index is 9.07. The molecular weight excluding hydrogens is 200 g/mol. The summed E-state index contributed by atoms with van der Waals surface area (Å²) in [5.41, 5.74) is 8.68. The molecule has 0 saturated carbocycles. The summed E-state index contributed by atoms with van der Waals surface area (Å²) in [5, 5.41) is 12.5. The van der Waals surface area contributed by atoms with E-state index in [-0.39, 0.29) is 12.1 Å². The minimum atomic E-state index is -0.0761. The van der Waals surface area contributed by atoms with Gasteiger partial charge < -0.3 is 16.2 Å². The van der Waals surface area contributed by atoms with Gasteiger partial charge in [0.05, 0.1) is 0 Å². The molecule has 0 aliphatic heterocycles. The minimum Gasteiger partial charge on any atom is -0.399 e. The summed E-state index contributed by atoms with van der Waals surface area (Å²) in [6, 6.07) is 5.85. The second-order valence-corrected chi connectivity index (χ2v) is 4.59. The zero-order chi connectivity index (χ0) is 12.2. The molecule has 16 heavy (non-hydrogen) atoms. The molecule has 1 rings (SSSR count). The molecule has 0 amide bonds. The van der Waals surface area contributed by atoms with Crippen LogP contribution in [0, 0.1) is 6.92 Å². The van der Waals surface area contributed by atoms with Crippen LogP contribution in [0.1, 0.15) is 32.3 Å². The number of benzene rings is 1. The van der Waals surface area contributed by atoms with Crippen LogP contribution in [0.3, 0.4) is 0 Å². The van der Waals surface area contributed by atoms with Crippen LogP contribution in [0.25, 0.3) is 0 Å². The number of anilines is 2. The van der Waals surface area contributed by atoms with E-state index in [2.05, 4.69) is 26.1 Å². The van der Waals surface area contributed by atoms with E-state index in [1.54, 1.807) is 0 Å². The SMILES string of the molecule is CCC(C)(CCO)Nc1cc(N)ccc1C. The monoisotopic (exact) mass is 222 g/mol. The van der Waals surface area contributed by atoms with Gasteiger partial charge in [-0.25, -0.2) is 0 Å². The number of nitrogens with one attached hydrogen (secondary N) is 1. The molecule has 1 atom stereocenters. The molecule has 0 spiro atoms. The first kappa shape index (κ1) is 12.8. The summed E-state index contributed by atoms with van der Waals surface area (Å²) < 4.78 is 0. The molecule has 3 heteroatoms. The molecule has 0 aromatic heterocycles. The van der Waals surface area contributed by atoms with E-state index in [0.717, 1.165) is 24.2 Å². The van der Waals surface area contributed by atoms with Crippen molar-refractivity contribution in [1.29, 1.82) is 0 Å². The highest BCUT2D eigenvalue weighted by Gasteiger charge is 2.21.